The van der Waals surface area contributed by atoms with Crippen LogP contribution >= 0.6 is 27.5 Å². The molecule has 0 unspecified atom stereocenters. The molecule has 0 fully saturated rings. The highest BCUT2D eigenvalue weighted by Crippen LogP contribution is 2.28. The van der Waals surface area contributed by atoms with Crippen LogP contribution in [0.5, 0.6) is 5.88 Å². The van der Waals surface area contributed by atoms with Gasteiger partial charge in [-0.05, 0) is 34.1 Å². The zero-order chi connectivity index (χ0) is 13.1. The van der Waals surface area contributed by atoms with Crippen molar-refractivity contribution in [2.24, 2.45) is 0 Å². The molecule has 18 heavy (non-hydrogen) atoms. The van der Waals surface area contributed by atoms with Crippen molar-refractivity contribution >= 4 is 45.0 Å². The highest BCUT2D eigenvalue weighted by atomic mass is 79.9. The lowest BCUT2D eigenvalue weighted by atomic mass is 10.3. The number of anilines is 3. The fourth-order valence-electron chi connectivity index (χ4n) is 1.34. The van der Waals surface area contributed by atoms with Crippen LogP contribution in [0.3, 0.4) is 0 Å². The van der Waals surface area contributed by atoms with E-state index >= 15 is 0 Å². The molecule has 0 spiro atoms. The van der Waals surface area contributed by atoms with E-state index in [0.29, 0.717) is 16.7 Å². The molecule has 0 radical (unpaired) electrons. The Hall–Kier alpha value is -1.53. The van der Waals surface area contributed by atoms with Gasteiger partial charge in [0.15, 0.2) is 0 Å². The number of nitrogens with two attached hydrogens (primary N) is 1. The standard InChI is InChI=1S/C11H10BrClN4O/c1-18-10-5-9(16-11(14)17-10)15-8-3-2-6(13)4-7(8)12/h2-5H,1H3,(H3,14,15,16,17). The number of ether oxygens (including phenoxy) is 1. The number of nitrogens with one attached hydrogen (secondary N) is 1. The second-order valence-corrected chi connectivity index (χ2v) is 4.69. The first-order valence-corrected chi connectivity index (χ1v) is 6.16. The topological polar surface area (TPSA) is 73.1 Å². The summed E-state index contributed by atoms with van der Waals surface area (Å²) in [5, 5.41) is 3.74. The van der Waals surface area contributed by atoms with Crippen molar-refractivity contribution in [3.8, 4) is 5.88 Å². The quantitative estimate of drug-likeness (QED) is 0.904. The number of nitrogens with zero attached hydrogens (tertiary/aromatic N) is 2. The van der Waals surface area contributed by atoms with E-state index in [0.717, 1.165) is 10.2 Å². The first kappa shape index (κ1) is 12.9. The lowest BCUT2D eigenvalue weighted by Gasteiger charge is -2.09. The minimum Gasteiger partial charge on any atom is -0.481 e. The average molecular weight is 330 g/mol. The number of hydrogen-bond donors (Lipinski definition) is 2. The Balaban J connectivity index is 2.30. The first-order valence-electron chi connectivity index (χ1n) is 4.99. The summed E-state index contributed by atoms with van der Waals surface area (Å²) in [7, 11) is 1.52. The van der Waals surface area contributed by atoms with E-state index in [1.807, 2.05) is 6.07 Å². The van der Waals surface area contributed by atoms with E-state index in [1.54, 1.807) is 18.2 Å². The van der Waals surface area contributed by atoms with E-state index in [-0.39, 0.29) is 5.95 Å². The predicted octanol–water partition coefficient (Wildman–Crippen LogP) is 3.23. The summed E-state index contributed by atoms with van der Waals surface area (Å²) in [5.74, 6) is 1.08. The van der Waals surface area contributed by atoms with Gasteiger partial charge in [-0.2, -0.15) is 9.97 Å². The normalized spacial score (nSPS) is 10.2. The lowest BCUT2D eigenvalue weighted by molar-refractivity contribution is 0.398. The van der Waals surface area contributed by atoms with Crippen molar-refractivity contribution in [2.75, 3.05) is 18.2 Å². The molecule has 1 heterocycles. The number of hydrogen-bond acceptors (Lipinski definition) is 5. The van der Waals surface area contributed by atoms with E-state index in [4.69, 9.17) is 22.1 Å². The maximum atomic E-state index is 5.87. The van der Waals surface area contributed by atoms with Gasteiger partial charge in [0.1, 0.15) is 5.82 Å². The van der Waals surface area contributed by atoms with Gasteiger partial charge in [0, 0.05) is 15.6 Å². The molecular weight excluding hydrogens is 320 g/mol. The maximum Gasteiger partial charge on any atom is 0.225 e. The molecule has 0 aliphatic heterocycles. The second kappa shape index (κ2) is 5.41. The van der Waals surface area contributed by atoms with Crippen LogP contribution in [0.1, 0.15) is 0 Å². The highest BCUT2D eigenvalue weighted by Gasteiger charge is 2.05. The molecule has 1 aromatic carbocycles. The van der Waals surface area contributed by atoms with E-state index in [2.05, 4.69) is 31.2 Å². The van der Waals surface area contributed by atoms with Crippen molar-refractivity contribution in [3.63, 3.8) is 0 Å². The predicted molar refractivity (Wildman–Crippen MR) is 75.4 cm³/mol. The van der Waals surface area contributed by atoms with Gasteiger partial charge in [-0.15, -0.1) is 0 Å². The number of rotatable bonds is 3. The van der Waals surface area contributed by atoms with Crippen molar-refractivity contribution in [3.05, 3.63) is 33.8 Å². The Morgan fingerprint density at radius 3 is 2.78 bits per heavy atom. The van der Waals surface area contributed by atoms with E-state index in [9.17, 15) is 0 Å². The van der Waals surface area contributed by atoms with E-state index < -0.39 is 0 Å². The fraction of sp³-hybridized carbons (Fsp3) is 0.0909. The molecule has 5 nitrogen and oxygen atoms in total. The number of halogens is 2. The van der Waals surface area contributed by atoms with Gasteiger partial charge in [0.25, 0.3) is 0 Å². The Bertz CT molecular complexity index is 579. The van der Waals surface area contributed by atoms with Gasteiger partial charge in [0.05, 0.1) is 12.8 Å². The van der Waals surface area contributed by atoms with Crippen LogP contribution < -0.4 is 15.8 Å². The van der Waals surface area contributed by atoms with Crippen molar-refractivity contribution in [2.45, 2.75) is 0 Å². The van der Waals surface area contributed by atoms with Crippen molar-refractivity contribution in [1.82, 2.24) is 9.97 Å². The summed E-state index contributed by atoms with van der Waals surface area (Å²) in [4.78, 5) is 7.96. The molecule has 0 amide bonds. The Kier molecular flexibility index (Phi) is 3.88. The summed E-state index contributed by atoms with van der Waals surface area (Å²) >= 11 is 9.28. The van der Waals surface area contributed by atoms with Gasteiger partial charge in [-0.25, -0.2) is 0 Å². The van der Waals surface area contributed by atoms with Crippen LogP contribution in [0, 0.1) is 0 Å². The molecule has 2 aromatic rings. The molecule has 94 valence electrons. The minimum atomic E-state index is 0.141. The third kappa shape index (κ3) is 3.02. The molecular formula is C11H10BrClN4O. The van der Waals surface area contributed by atoms with Gasteiger partial charge in [0.2, 0.25) is 11.8 Å². The second-order valence-electron chi connectivity index (χ2n) is 3.40. The van der Waals surface area contributed by atoms with E-state index in [1.165, 1.54) is 7.11 Å². The summed E-state index contributed by atoms with van der Waals surface area (Å²) < 4.78 is 5.84. The van der Waals surface area contributed by atoms with Crippen LogP contribution in [-0.2, 0) is 0 Å². The molecule has 1 aromatic heterocycles. The summed E-state index contributed by atoms with van der Waals surface area (Å²) in [6, 6.07) is 7.04. The Morgan fingerprint density at radius 1 is 1.33 bits per heavy atom. The summed E-state index contributed by atoms with van der Waals surface area (Å²) in [6.45, 7) is 0. The highest BCUT2D eigenvalue weighted by molar-refractivity contribution is 9.10. The van der Waals surface area contributed by atoms with Crippen LogP contribution in [-0.4, -0.2) is 17.1 Å². The Morgan fingerprint density at radius 2 is 2.11 bits per heavy atom. The van der Waals surface area contributed by atoms with Crippen molar-refractivity contribution < 1.29 is 4.74 Å². The molecule has 7 heteroatoms. The molecule has 0 aliphatic carbocycles. The molecule has 3 N–H and O–H groups in total. The van der Waals surface area contributed by atoms with Crippen LogP contribution in [0.25, 0.3) is 0 Å². The minimum absolute atomic E-state index is 0.141. The average Bonchev–Trinajstić information content (AvgIpc) is 2.32. The van der Waals surface area contributed by atoms with Crippen LogP contribution in [0.4, 0.5) is 17.5 Å². The lowest BCUT2D eigenvalue weighted by Crippen LogP contribution is -2.02. The molecule has 0 atom stereocenters. The van der Waals surface area contributed by atoms with Crippen molar-refractivity contribution in [1.29, 1.82) is 0 Å². The molecule has 2 rings (SSSR count). The third-order valence-electron chi connectivity index (χ3n) is 2.12. The molecule has 0 bridgehead atoms. The Labute approximate surface area is 117 Å². The number of methoxy groups -OCH3 is 1. The molecule has 0 saturated carbocycles. The number of benzene rings is 1. The monoisotopic (exact) mass is 328 g/mol. The van der Waals surface area contributed by atoms with Gasteiger partial charge >= 0.3 is 0 Å². The molecule has 0 aliphatic rings. The summed E-state index contributed by atoms with van der Waals surface area (Å²) in [5.41, 5.74) is 6.39. The largest absolute Gasteiger partial charge is 0.481 e. The van der Waals surface area contributed by atoms with Crippen LogP contribution in [0.15, 0.2) is 28.7 Å². The number of nitrogen functional groups attached to an aromatic ring is 1. The van der Waals surface area contributed by atoms with Gasteiger partial charge < -0.3 is 15.8 Å². The maximum absolute atomic E-state index is 5.87. The number of aromatic nitrogens is 2. The molecule has 0 saturated heterocycles. The van der Waals surface area contributed by atoms with Crippen LogP contribution in [0.2, 0.25) is 5.02 Å². The SMILES string of the molecule is COc1cc(Nc2ccc(Cl)cc2Br)nc(N)n1. The van der Waals surface area contributed by atoms with Gasteiger partial charge in [-0.1, -0.05) is 11.6 Å². The zero-order valence-corrected chi connectivity index (χ0v) is 11.8. The van der Waals surface area contributed by atoms with Gasteiger partial charge in [-0.3, -0.25) is 0 Å². The first-order chi connectivity index (χ1) is 8.58. The fourth-order valence-corrected chi connectivity index (χ4v) is 2.12. The summed E-state index contributed by atoms with van der Waals surface area (Å²) in [6.07, 6.45) is 0. The third-order valence-corrected chi connectivity index (χ3v) is 3.01. The smallest absolute Gasteiger partial charge is 0.225 e. The zero-order valence-electron chi connectivity index (χ0n) is 9.45.